The topological polar surface area (TPSA) is 43.4 Å². The predicted molar refractivity (Wildman–Crippen MR) is 74.2 cm³/mol. The van der Waals surface area contributed by atoms with Gasteiger partial charge in [0.25, 0.3) is 5.85 Å². The van der Waals surface area contributed by atoms with Crippen LogP contribution in [0.3, 0.4) is 0 Å². The van der Waals surface area contributed by atoms with E-state index in [1.54, 1.807) is 6.92 Å². The molecule has 18 heavy (non-hydrogen) atoms. The summed E-state index contributed by atoms with van der Waals surface area (Å²) in [6.45, 7) is 1.94. The maximum atomic E-state index is 11.6. The second kappa shape index (κ2) is 7.18. The lowest BCUT2D eigenvalue weighted by molar-refractivity contribution is -0.149. The fourth-order valence-corrected chi connectivity index (χ4v) is 2.61. The van der Waals surface area contributed by atoms with Gasteiger partial charge in [-0.25, -0.2) is 0 Å². The molecular formula is C12H15Cl2O3P. The molecule has 6 heteroatoms. The molecule has 1 aromatic rings. The van der Waals surface area contributed by atoms with Gasteiger partial charge in [-0.15, -0.1) is 0 Å². The molecule has 0 fully saturated rings. The molecule has 0 saturated carbocycles. The normalized spacial score (nSPS) is 13.1. The number of hydrogen-bond donors (Lipinski definition) is 0. The van der Waals surface area contributed by atoms with Crippen molar-refractivity contribution in [2.45, 2.75) is 20.0 Å². The van der Waals surface area contributed by atoms with Crippen molar-refractivity contribution < 1.29 is 14.1 Å². The zero-order chi connectivity index (χ0) is 13.6. The molecule has 0 bridgehead atoms. The second-order valence-electron chi connectivity index (χ2n) is 4.08. The molecule has 0 aliphatic heterocycles. The van der Waals surface area contributed by atoms with Crippen LogP contribution in [-0.2, 0) is 20.7 Å². The minimum absolute atomic E-state index is 0.123. The second-order valence-corrected chi connectivity index (χ2v) is 9.46. The highest BCUT2D eigenvalue weighted by molar-refractivity contribution is 8.08. The summed E-state index contributed by atoms with van der Waals surface area (Å²) >= 11 is 10.8. The summed E-state index contributed by atoms with van der Waals surface area (Å²) in [4.78, 5) is 11.6. The van der Waals surface area contributed by atoms with Crippen molar-refractivity contribution in [2.75, 3.05) is 6.16 Å². The van der Waals surface area contributed by atoms with Gasteiger partial charge in [-0.1, -0.05) is 37.3 Å². The van der Waals surface area contributed by atoms with E-state index in [1.165, 1.54) is 0 Å². The van der Waals surface area contributed by atoms with Gasteiger partial charge in [0.2, 0.25) is 0 Å². The Bertz CT molecular complexity index is 430. The first-order valence-corrected chi connectivity index (χ1v) is 9.27. The zero-order valence-corrected chi connectivity index (χ0v) is 12.4. The molecule has 0 aromatic heterocycles. The first-order valence-electron chi connectivity index (χ1n) is 5.57. The van der Waals surface area contributed by atoms with Gasteiger partial charge in [-0.2, -0.15) is 0 Å². The maximum absolute atomic E-state index is 11.6. The molecule has 0 heterocycles. The van der Waals surface area contributed by atoms with Gasteiger partial charge in [0, 0.05) is 6.16 Å². The van der Waals surface area contributed by atoms with Gasteiger partial charge >= 0.3 is 5.97 Å². The average molecular weight is 309 g/mol. The van der Waals surface area contributed by atoms with Crippen LogP contribution < -0.4 is 0 Å². The van der Waals surface area contributed by atoms with Crippen LogP contribution in [0.5, 0.6) is 0 Å². The minimum atomic E-state index is -3.10. The van der Waals surface area contributed by atoms with E-state index in [4.69, 9.17) is 27.2 Å². The first kappa shape index (κ1) is 15.6. The molecule has 0 radical (unpaired) electrons. The van der Waals surface area contributed by atoms with E-state index >= 15 is 0 Å². The van der Waals surface area contributed by atoms with Crippen LogP contribution in [0.25, 0.3) is 0 Å². The van der Waals surface area contributed by atoms with Crippen LogP contribution in [0.1, 0.15) is 18.9 Å². The Labute approximate surface area is 116 Å². The van der Waals surface area contributed by atoms with E-state index < -0.39 is 5.85 Å². The van der Waals surface area contributed by atoms with Gasteiger partial charge < -0.3 is 4.74 Å². The number of carbonyl (C=O) groups is 1. The molecule has 3 nitrogen and oxygen atoms in total. The molecular weight excluding hydrogens is 294 g/mol. The predicted octanol–water partition coefficient (Wildman–Crippen LogP) is 4.43. The third-order valence-electron chi connectivity index (χ3n) is 2.45. The molecule has 1 atom stereocenters. The standard InChI is InChI=1S/C12H15Cl2O3P/c1-10(7-8-18(13,14)16)12(15)17-9-11-5-3-2-4-6-11/h2-6,10H,7-9H2,1H3/t10-/m0/s1. The molecule has 100 valence electrons. The van der Waals surface area contributed by atoms with Crippen LogP contribution in [0.4, 0.5) is 0 Å². The zero-order valence-electron chi connectivity index (χ0n) is 10.0. The number of halogens is 2. The summed E-state index contributed by atoms with van der Waals surface area (Å²) in [6.07, 6.45) is 0.482. The first-order chi connectivity index (χ1) is 8.38. The smallest absolute Gasteiger partial charge is 0.308 e. The number of esters is 1. The van der Waals surface area contributed by atoms with Crippen molar-refractivity contribution in [2.24, 2.45) is 5.92 Å². The van der Waals surface area contributed by atoms with Crippen molar-refractivity contribution in [3.05, 3.63) is 35.9 Å². The van der Waals surface area contributed by atoms with Crippen molar-refractivity contribution in [3.8, 4) is 0 Å². The lowest BCUT2D eigenvalue weighted by Gasteiger charge is -2.11. The molecule has 0 spiro atoms. The lowest BCUT2D eigenvalue weighted by Crippen LogP contribution is -2.15. The monoisotopic (exact) mass is 308 g/mol. The van der Waals surface area contributed by atoms with Crippen molar-refractivity contribution in [1.29, 1.82) is 0 Å². The molecule has 0 aliphatic rings. The Morgan fingerprint density at radius 3 is 2.50 bits per heavy atom. The molecule has 0 N–H and O–H groups in total. The van der Waals surface area contributed by atoms with Gasteiger partial charge in [0.15, 0.2) is 0 Å². The molecule has 1 rings (SSSR count). The summed E-state index contributed by atoms with van der Waals surface area (Å²) < 4.78 is 16.2. The molecule has 0 saturated heterocycles. The number of hydrogen-bond acceptors (Lipinski definition) is 3. The van der Waals surface area contributed by atoms with Crippen LogP contribution in [-0.4, -0.2) is 12.1 Å². The average Bonchev–Trinajstić information content (AvgIpc) is 2.33. The Balaban J connectivity index is 2.34. The number of benzene rings is 1. The Morgan fingerprint density at radius 1 is 1.33 bits per heavy atom. The van der Waals surface area contributed by atoms with Gasteiger partial charge in [0.1, 0.15) is 6.61 Å². The number of carbonyl (C=O) groups excluding carboxylic acids is 1. The highest BCUT2D eigenvalue weighted by Crippen LogP contribution is 2.57. The highest BCUT2D eigenvalue weighted by Gasteiger charge is 2.20. The van der Waals surface area contributed by atoms with Crippen molar-refractivity contribution in [1.82, 2.24) is 0 Å². The summed E-state index contributed by atoms with van der Waals surface area (Å²) in [5.74, 6) is -3.79. The largest absolute Gasteiger partial charge is 0.461 e. The van der Waals surface area contributed by atoms with E-state index in [2.05, 4.69) is 0 Å². The van der Waals surface area contributed by atoms with Gasteiger partial charge in [-0.05, 0) is 34.5 Å². The third kappa shape index (κ3) is 6.44. The fourth-order valence-electron chi connectivity index (χ4n) is 1.33. The minimum Gasteiger partial charge on any atom is -0.461 e. The van der Waals surface area contributed by atoms with Crippen molar-refractivity contribution in [3.63, 3.8) is 0 Å². The molecule has 0 unspecified atom stereocenters. The van der Waals surface area contributed by atoms with E-state index in [9.17, 15) is 9.36 Å². The van der Waals surface area contributed by atoms with Crippen molar-refractivity contribution >= 4 is 34.3 Å². The Morgan fingerprint density at radius 2 is 1.94 bits per heavy atom. The third-order valence-corrected chi connectivity index (χ3v) is 4.24. The van der Waals surface area contributed by atoms with E-state index in [1.807, 2.05) is 30.3 Å². The SMILES string of the molecule is C[C@@H](CCP(=O)(Cl)Cl)C(=O)OCc1ccccc1. The highest BCUT2D eigenvalue weighted by atomic mass is 35.9. The summed E-state index contributed by atoms with van der Waals surface area (Å²) in [7, 11) is 0. The van der Waals surface area contributed by atoms with E-state index in [0.29, 0.717) is 6.42 Å². The van der Waals surface area contributed by atoms with Gasteiger partial charge in [0.05, 0.1) is 5.92 Å². The molecule has 0 aliphatic carbocycles. The fraction of sp³-hybridized carbons (Fsp3) is 0.417. The van der Waals surface area contributed by atoms with Crippen LogP contribution in [0.2, 0.25) is 0 Å². The summed E-state index contributed by atoms with van der Waals surface area (Å²) in [6, 6.07) is 9.41. The van der Waals surface area contributed by atoms with Crippen LogP contribution in [0, 0.1) is 5.92 Å². The van der Waals surface area contributed by atoms with Gasteiger partial charge in [-0.3, -0.25) is 9.36 Å². The van der Waals surface area contributed by atoms with Crippen LogP contribution in [0.15, 0.2) is 30.3 Å². The summed E-state index contributed by atoms with van der Waals surface area (Å²) in [5.41, 5.74) is 0.929. The Kier molecular flexibility index (Phi) is 6.20. The number of rotatable bonds is 6. The molecule has 1 aromatic carbocycles. The summed E-state index contributed by atoms with van der Waals surface area (Å²) in [5, 5.41) is 0. The quantitative estimate of drug-likeness (QED) is 0.577. The maximum Gasteiger partial charge on any atom is 0.308 e. The van der Waals surface area contributed by atoms with E-state index in [-0.39, 0.29) is 24.7 Å². The lowest BCUT2D eigenvalue weighted by atomic mass is 10.1. The van der Waals surface area contributed by atoms with E-state index in [0.717, 1.165) is 5.56 Å². The number of ether oxygens (including phenoxy) is 1. The van der Waals surface area contributed by atoms with Crippen LogP contribution >= 0.6 is 28.3 Å². The molecule has 0 amide bonds. The Hall–Kier alpha value is -0.500.